The van der Waals surface area contributed by atoms with Crippen LogP contribution in [0.15, 0.2) is 152 Å². The van der Waals surface area contributed by atoms with Crippen molar-refractivity contribution >= 4 is 67.7 Å². The van der Waals surface area contributed by atoms with Crippen LogP contribution in [-0.4, -0.2) is 0 Å². The van der Waals surface area contributed by atoms with E-state index in [4.69, 9.17) is 0 Å². The summed E-state index contributed by atoms with van der Waals surface area (Å²) in [6.45, 7) is 0. The highest BCUT2D eigenvalue weighted by Gasteiger charge is 2.19. The third-order valence-electron chi connectivity index (χ3n) is 6.51. The molecule has 2 heterocycles. The number of benzene rings is 5. The molecule has 0 aliphatic rings. The molecule has 0 radical (unpaired) electrons. The van der Waals surface area contributed by atoms with E-state index in [0.717, 1.165) is 0 Å². The quantitative estimate of drug-likeness (QED) is 0.186. The monoisotopic (exact) mass is 558 g/mol. The summed E-state index contributed by atoms with van der Waals surface area (Å²) < 4.78 is 2.62. The van der Waals surface area contributed by atoms with Gasteiger partial charge in [0.05, 0.1) is 8.42 Å². The topological polar surface area (TPSA) is 0 Å². The molecule has 7 aromatic rings. The van der Waals surface area contributed by atoms with Gasteiger partial charge < -0.3 is 0 Å². The zero-order chi connectivity index (χ0) is 25.3. The first kappa shape index (κ1) is 23.8. The maximum Gasteiger partial charge on any atom is 0.0652 e. The van der Waals surface area contributed by atoms with Gasteiger partial charge in [-0.3, -0.25) is 0 Å². The summed E-state index contributed by atoms with van der Waals surface area (Å²) in [6.07, 6.45) is 0. The molecule has 0 N–H and O–H groups in total. The number of hydrogen-bond donors (Lipinski definition) is 0. The third kappa shape index (κ3) is 4.59. The second kappa shape index (κ2) is 10.5. The van der Waals surface area contributed by atoms with Gasteiger partial charge in [0.1, 0.15) is 0 Å². The van der Waals surface area contributed by atoms with Gasteiger partial charge in [-0.15, -0.1) is 22.7 Å². The second-order valence-electron chi connectivity index (χ2n) is 8.91. The van der Waals surface area contributed by atoms with E-state index >= 15 is 0 Å². The van der Waals surface area contributed by atoms with Gasteiger partial charge in [0, 0.05) is 30.7 Å². The van der Waals surface area contributed by atoms with E-state index in [2.05, 4.69) is 133 Å². The molecule has 0 fully saturated rings. The minimum Gasteiger partial charge on any atom is -0.128 e. The van der Waals surface area contributed by atoms with Crippen molar-refractivity contribution in [3.05, 3.63) is 133 Å². The van der Waals surface area contributed by atoms with Crippen molar-refractivity contribution in [2.45, 2.75) is 18.2 Å². The Balaban J connectivity index is 1.37. The minimum atomic E-state index is 1.27. The lowest BCUT2D eigenvalue weighted by molar-refractivity contribution is 1.46. The second-order valence-corrected chi connectivity index (χ2v) is 13.8. The van der Waals surface area contributed by atoms with Gasteiger partial charge in [0.15, 0.2) is 0 Å². The highest BCUT2D eigenvalue weighted by atomic mass is 32.2. The van der Waals surface area contributed by atoms with Crippen LogP contribution in [0.1, 0.15) is 0 Å². The molecule has 182 valence electrons. The molecular formula is C34H22S4. The molecule has 0 aliphatic carbocycles. The van der Waals surface area contributed by atoms with Crippen LogP contribution in [0.3, 0.4) is 0 Å². The van der Waals surface area contributed by atoms with E-state index in [1.54, 1.807) is 0 Å². The largest absolute Gasteiger partial charge is 0.128 e. The van der Waals surface area contributed by atoms with E-state index in [0.29, 0.717) is 0 Å². The summed E-state index contributed by atoms with van der Waals surface area (Å²) in [4.78, 5) is 5.17. The SMILES string of the molecule is c1ccc(Sc2ccc(-c3c4ccccc4c(-c4ccc(Sc5ccccc5)s4)c4ccccc34)s2)cc1. The molecular weight excluding hydrogens is 537 g/mol. The fourth-order valence-corrected chi connectivity index (χ4v) is 9.28. The van der Waals surface area contributed by atoms with Crippen LogP contribution in [0.25, 0.3) is 42.4 Å². The Bertz CT molecular complexity index is 1670. The van der Waals surface area contributed by atoms with Crippen LogP contribution in [-0.2, 0) is 0 Å². The van der Waals surface area contributed by atoms with Gasteiger partial charge in [-0.1, -0.05) is 108 Å². The third-order valence-corrected chi connectivity index (χ3v) is 11.0. The standard InChI is InChI=1S/C34H22S4/c1-3-11-23(12-4-1)35-31-21-19-29(37-31)33-25-15-7-9-17-27(25)34(28-18-10-8-16-26(28)33)30-20-22-32(38-30)36-24-13-5-2-6-14-24/h1-22H. The fraction of sp³-hybridized carbons (Fsp3) is 0. The first-order chi connectivity index (χ1) is 18.8. The van der Waals surface area contributed by atoms with E-state index in [1.807, 2.05) is 46.2 Å². The van der Waals surface area contributed by atoms with Gasteiger partial charge >= 0.3 is 0 Å². The fourth-order valence-electron chi connectivity index (χ4n) is 4.89. The van der Waals surface area contributed by atoms with Crippen LogP contribution in [0.5, 0.6) is 0 Å². The molecule has 0 saturated carbocycles. The molecule has 2 aromatic heterocycles. The van der Waals surface area contributed by atoms with Crippen molar-refractivity contribution in [1.29, 1.82) is 0 Å². The Kier molecular flexibility index (Phi) is 6.56. The maximum atomic E-state index is 2.30. The molecule has 38 heavy (non-hydrogen) atoms. The zero-order valence-electron chi connectivity index (χ0n) is 20.3. The highest BCUT2D eigenvalue weighted by molar-refractivity contribution is 8.01. The molecule has 0 spiro atoms. The van der Waals surface area contributed by atoms with Crippen LogP contribution < -0.4 is 0 Å². The molecule has 0 aliphatic heterocycles. The van der Waals surface area contributed by atoms with Gasteiger partial charge in [-0.05, 0) is 70.1 Å². The molecule has 7 rings (SSSR count). The number of rotatable bonds is 6. The Morgan fingerprint density at radius 1 is 0.342 bits per heavy atom. The summed E-state index contributed by atoms with van der Waals surface area (Å²) in [7, 11) is 0. The normalized spacial score (nSPS) is 11.4. The molecule has 4 heteroatoms. The molecule has 0 saturated heterocycles. The van der Waals surface area contributed by atoms with Crippen molar-refractivity contribution in [2.75, 3.05) is 0 Å². The van der Waals surface area contributed by atoms with Gasteiger partial charge in [-0.25, -0.2) is 0 Å². The molecule has 0 nitrogen and oxygen atoms in total. The lowest BCUT2D eigenvalue weighted by atomic mass is 9.90. The average molecular weight is 559 g/mol. The van der Waals surface area contributed by atoms with Crippen LogP contribution >= 0.6 is 46.2 Å². The molecule has 0 unspecified atom stereocenters. The van der Waals surface area contributed by atoms with Crippen LogP contribution in [0.4, 0.5) is 0 Å². The highest BCUT2D eigenvalue weighted by Crippen LogP contribution is 2.48. The first-order valence-electron chi connectivity index (χ1n) is 12.4. The maximum absolute atomic E-state index is 2.30. The van der Waals surface area contributed by atoms with Gasteiger partial charge in [0.25, 0.3) is 0 Å². The lowest BCUT2D eigenvalue weighted by Gasteiger charge is -2.15. The lowest BCUT2D eigenvalue weighted by Crippen LogP contribution is -1.87. The molecule has 0 atom stereocenters. The van der Waals surface area contributed by atoms with Crippen LogP contribution in [0.2, 0.25) is 0 Å². The molecule has 0 bridgehead atoms. The summed E-state index contributed by atoms with van der Waals surface area (Å²) in [6, 6.07) is 48.2. The van der Waals surface area contributed by atoms with E-state index in [9.17, 15) is 0 Å². The Morgan fingerprint density at radius 3 is 1.05 bits per heavy atom. The Morgan fingerprint density at radius 2 is 0.684 bits per heavy atom. The van der Waals surface area contributed by atoms with Crippen LogP contribution in [0, 0.1) is 0 Å². The Hall–Kier alpha value is -3.28. The smallest absolute Gasteiger partial charge is 0.0652 e. The van der Waals surface area contributed by atoms with Gasteiger partial charge in [0.2, 0.25) is 0 Å². The summed E-state index contributed by atoms with van der Waals surface area (Å²) in [5.41, 5.74) is 2.67. The first-order valence-corrected chi connectivity index (χ1v) is 15.7. The van der Waals surface area contributed by atoms with Crippen molar-refractivity contribution < 1.29 is 0 Å². The minimum absolute atomic E-state index is 1.27. The summed E-state index contributed by atoms with van der Waals surface area (Å²) >= 11 is 7.43. The number of fused-ring (bicyclic) bond motifs is 2. The van der Waals surface area contributed by atoms with E-state index in [1.165, 1.54) is 60.6 Å². The average Bonchev–Trinajstić information content (AvgIpc) is 3.62. The zero-order valence-corrected chi connectivity index (χ0v) is 23.6. The number of hydrogen-bond acceptors (Lipinski definition) is 4. The van der Waals surface area contributed by atoms with E-state index in [-0.39, 0.29) is 0 Å². The predicted molar refractivity (Wildman–Crippen MR) is 169 cm³/mol. The molecule has 5 aromatic carbocycles. The predicted octanol–water partition coefficient (Wildman–Crippen LogP) is 11.8. The van der Waals surface area contributed by atoms with Gasteiger partial charge in [-0.2, -0.15) is 0 Å². The van der Waals surface area contributed by atoms with Crippen molar-refractivity contribution in [2.24, 2.45) is 0 Å². The van der Waals surface area contributed by atoms with E-state index < -0.39 is 0 Å². The Labute approximate surface area is 239 Å². The van der Waals surface area contributed by atoms with Crippen molar-refractivity contribution in [3.63, 3.8) is 0 Å². The van der Waals surface area contributed by atoms with Crippen molar-refractivity contribution in [3.8, 4) is 20.9 Å². The summed E-state index contributed by atoms with van der Waals surface area (Å²) in [5, 5.41) is 5.24. The number of thiophene rings is 2. The summed E-state index contributed by atoms with van der Waals surface area (Å²) in [5.74, 6) is 0. The van der Waals surface area contributed by atoms with Crippen molar-refractivity contribution in [1.82, 2.24) is 0 Å². The molecule has 0 amide bonds.